The highest BCUT2D eigenvalue weighted by Crippen LogP contribution is 2.42. The number of hydrogen-bond donors (Lipinski definition) is 2. The third-order valence-electron chi connectivity index (χ3n) is 6.00. The molecule has 0 heterocycles. The third kappa shape index (κ3) is 4.35. The van der Waals surface area contributed by atoms with Crippen molar-refractivity contribution < 1.29 is 9.53 Å². The molecule has 0 aliphatic heterocycles. The number of carbonyl (C=O) groups excluding carboxylic acids is 1. The summed E-state index contributed by atoms with van der Waals surface area (Å²) >= 11 is 0. The Labute approximate surface area is 151 Å². The number of nitrogens with two attached hydrogens (primary N) is 1. The first-order chi connectivity index (χ1) is 12.1. The lowest BCUT2D eigenvalue weighted by atomic mass is 9.65. The van der Waals surface area contributed by atoms with Gasteiger partial charge in [-0.25, -0.2) is 0 Å². The molecule has 138 valence electrons. The molecule has 4 nitrogen and oxygen atoms in total. The van der Waals surface area contributed by atoms with Crippen molar-refractivity contribution in [2.45, 2.75) is 64.5 Å². The Balaban J connectivity index is 1.55. The van der Waals surface area contributed by atoms with E-state index in [0.29, 0.717) is 17.9 Å². The van der Waals surface area contributed by atoms with E-state index in [1.807, 2.05) is 24.3 Å². The average Bonchev–Trinajstić information content (AvgIpc) is 2.60. The van der Waals surface area contributed by atoms with E-state index in [9.17, 15) is 4.79 Å². The molecule has 2 saturated carbocycles. The molecule has 0 radical (unpaired) electrons. The molecule has 2 aliphatic carbocycles. The van der Waals surface area contributed by atoms with Gasteiger partial charge in [0.05, 0.1) is 12.6 Å². The summed E-state index contributed by atoms with van der Waals surface area (Å²) in [6.07, 6.45) is 6.58. The van der Waals surface area contributed by atoms with Crippen LogP contribution in [0.2, 0.25) is 0 Å². The van der Waals surface area contributed by atoms with Crippen LogP contribution in [-0.4, -0.2) is 18.6 Å². The fourth-order valence-corrected chi connectivity index (χ4v) is 4.49. The largest absolute Gasteiger partial charge is 0.494 e. The molecule has 0 saturated heterocycles. The molecule has 1 amide bonds. The Morgan fingerprint density at radius 1 is 1.24 bits per heavy atom. The van der Waals surface area contributed by atoms with Gasteiger partial charge in [0, 0.05) is 12.0 Å². The fourth-order valence-electron chi connectivity index (χ4n) is 4.49. The number of carbonyl (C=O) groups is 1. The zero-order chi connectivity index (χ0) is 17.8. The molecule has 1 aromatic rings. The second-order valence-corrected chi connectivity index (χ2v) is 7.84. The minimum absolute atomic E-state index is 0.0168. The van der Waals surface area contributed by atoms with Crippen molar-refractivity contribution in [2.24, 2.45) is 23.5 Å². The number of benzene rings is 1. The predicted molar refractivity (Wildman–Crippen MR) is 100 cm³/mol. The van der Waals surface area contributed by atoms with E-state index in [1.165, 1.54) is 19.3 Å². The number of nitrogens with one attached hydrogen (secondary N) is 1. The van der Waals surface area contributed by atoms with Crippen molar-refractivity contribution in [3.05, 3.63) is 29.8 Å². The van der Waals surface area contributed by atoms with Crippen LogP contribution in [0.1, 0.15) is 64.0 Å². The Kier molecular flexibility index (Phi) is 6.00. The highest BCUT2D eigenvalue weighted by Gasteiger charge is 2.40. The standard InChI is InChI=1S/C21H32N2O2/c1-3-11-25-19-9-7-15(8-10-19)14(2)23-21(24)18-12-16-5-4-6-17(13-18)20(16)22/h7-10,14,16-18,20H,3-6,11-13,22H2,1-2H3,(H,23,24). The molecule has 3 unspecified atom stereocenters. The van der Waals surface area contributed by atoms with Gasteiger partial charge in [-0.05, 0) is 68.6 Å². The molecule has 2 fully saturated rings. The molecular formula is C21H32N2O2. The average molecular weight is 344 g/mol. The molecule has 3 rings (SSSR count). The van der Waals surface area contributed by atoms with Crippen LogP contribution in [0, 0.1) is 17.8 Å². The zero-order valence-electron chi connectivity index (χ0n) is 15.5. The van der Waals surface area contributed by atoms with Gasteiger partial charge in [-0.15, -0.1) is 0 Å². The molecule has 0 aromatic heterocycles. The molecular weight excluding hydrogens is 312 g/mol. The van der Waals surface area contributed by atoms with Crippen molar-refractivity contribution in [3.8, 4) is 5.75 Å². The Morgan fingerprint density at radius 2 is 1.88 bits per heavy atom. The quantitative estimate of drug-likeness (QED) is 0.825. The molecule has 0 spiro atoms. The summed E-state index contributed by atoms with van der Waals surface area (Å²) in [6, 6.07) is 8.38. The number of hydrogen-bond acceptors (Lipinski definition) is 3. The number of ether oxygens (including phenoxy) is 1. The van der Waals surface area contributed by atoms with Gasteiger partial charge in [-0.3, -0.25) is 4.79 Å². The minimum Gasteiger partial charge on any atom is -0.494 e. The fraction of sp³-hybridized carbons (Fsp3) is 0.667. The molecule has 25 heavy (non-hydrogen) atoms. The first kappa shape index (κ1) is 18.2. The number of fused-ring (bicyclic) bond motifs is 2. The Hall–Kier alpha value is -1.55. The topological polar surface area (TPSA) is 64.3 Å². The van der Waals surface area contributed by atoms with Crippen LogP contribution in [0.5, 0.6) is 5.75 Å². The summed E-state index contributed by atoms with van der Waals surface area (Å²) in [5.41, 5.74) is 7.46. The lowest BCUT2D eigenvalue weighted by Crippen LogP contribution is -2.49. The van der Waals surface area contributed by atoms with Crippen molar-refractivity contribution >= 4 is 5.91 Å². The number of rotatable bonds is 6. The van der Waals surface area contributed by atoms with Gasteiger partial charge >= 0.3 is 0 Å². The molecule has 1 aromatic carbocycles. The van der Waals surface area contributed by atoms with Gasteiger partial charge in [0.2, 0.25) is 5.91 Å². The summed E-state index contributed by atoms with van der Waals surface area (Å²) in [7, 11) is 0. The van der Waals surface area contributed by atoms with Gasteiger partial charge in [-0.2, -0.15) is 0 Å². The smallest absolute Gasteiger partial charge is 0.223 e. The second kappa shape index (κ2) is 8.22. The van der Waals surface area contributed by atoms with Gasteiger partial charge < -0.3 is 15.8 Å². The lowest BCUT2D eigenvalue weighted by molar-refractivity contribution is -0.128. The monoisotopic (exact) mass is 344 g/mol. The highest BCUT2D eigenvalue weighted by atomic mass is 16.5. The lowest BCUT2D eigenvalue weighted by Gasteiger charge is -2.43. The van der Waals surface area contributed by atoms with E-state index >= 15 is 0 Å². The van der Waals surface area contributed by atoms with Crippen LogP contribution < -0.4 is 15.8 Å². The van der Waals surface area contributed by atoms with Crippen molar-refractivity contribution in [2.75, 3.05) is 6.61 Å². The summed E-state index contributed by atoms with van der Waals surface area (Å²) in [6.45, 7) is 4.88. The summed E-state index contributed by atoms with van der Waals surface area (Å²) < 4.78 is 5.62. The van der Waals surface area contributed by atoms with Crippen LogP contribution in [0.25, 0.3) is 0 Å². The van der Waals surface area contributed by atoms with Crippen molar-refractivity contribution in [1.29, 1.82) is 0 Å². The zero-order valence-corrected chi connectivity index (χ0v) is 15.5. The summed E-state index contributed by atoms with van der Waals surface area (Å²) in [4.78, 5) is 12.8. The van der Waals surface area contributed by atoms with E-state index in [4.69, 9.17) is 10.5 Å². The van der Waals surface area contributed by atoms with Gasteiger partial charge in [0.1, 0.15) is 5.75 Å². The summed E-state index contributed by atoms with van der Waals surface area (Å²) in [5, 5.41) is 3.21. The highest BCUT2D eigenvalue weighted by molar-refractivity contribution is 5.79. The molecule has 2 bridgehead atoms. The van der Waals surface area contributed by atoms with E-state index in [1.54, 1.807) is 0 Å². The second-order valence-electron chi connectivity index (χ2n) is 7.84. The minimum atomic E-state index is 0.0168. The first-order valence-corrected chi connectivity index (χ1v) is 9.87. The SMILES string of the molecule is CCCOc1ccc(C(C)NC(=O)C2CC3CCCC(C2)C3N)cc1. The molecule has 3 N–H and O–H groups in total. The van der Waals surface area contributed by atoms with Gasteiger partial charge in [-0.1, -0.05) is 25.5 Å². The van der Waals surface area contributed by atoms with Crippen LogP contribution in [0.4, 0.5) is 0 Å². The maximum absolute atomic E-state index is 12.8. The van der Waals surface area contributed by atoms with Crippen LogP contribution in [-0.2, 0) is 4.79 Å². The third-order valence-corrected chi connectivity index (χ3v) is 6.00. The van der Waals surface area contributed by atoms with Crippen LogP contribution in [0.15, 0.2) is 24.3 Å². The van der Waals surface area contributed by atoms with Crippen molar-refractivity contribution in [1.82, 2.24) is 5.32 Å². The normalized spacial score (nSPS) is 29.7. The van der Waals surface area contributed by atoms with Gasteiger partial charge in [0.25, 0.3) is 0 Å². The first-order valence-electron chi connectivity index (χ1n) is 9.87. The molecule has 3 atom stereocenters. The van der Waals surface area contributed by atoms with E-state index in [-0.39, 0.29) is 17.9 Å². The predicted octanol–water partition coefficient (Wildman–Crippen LogP) is 3.81. The maximum Gasteiger partial charge on any atom is 0.223 e. The molecule has 4 heteroatoms. The van der Waals surface area contributed by atoms with E-state index < -0.39 is 0 Å². The van der Waals surface area contributed by atoms with E-state index in [0.717, 1.165) is 37.2 Å². The van der Waals surface area contributed by atoms with Crippen LogP contribution >= 0.6 is 0 Å². The maximum atomic E-state index is 12.8. The Morgan fingerprint density at radius 3 is 2.48 bits per heavy atom. The molecule has 2 aliphatic rings. The summed E-state index contributed by atoms with van der Waals surface area (Å²) in [5.74, 6) is 2.28. The van der Waals surface area contributed by atoms with Crippen LogP contribution in [0.3, 0.4) is 0 Å². The van der Waals surface area contributed by atoms with Crippen molar-refractivity contribution in [3.63, 3.8) is 0 Å². The van der Waals surface area contributed by atoms with E-state index in [2.05, 4.69) is 19.2 Å². The van der Waals surface area contributed by atoms with Gasteiger partial charge in [0.15, 0.2) is 0 Å². The Bertz CT molecular complexity index is 558. The number of amides is 1.